The zero-order valence-corrected chi connectivity index (χ0v) is 27.1. The number of nitrogens with zero attached hydrogens (tertiary/aromatic N) is 1. The van der Waals surface area contributed by atoms with Crippen molar-refractivity contribution >= 4 is 11.8 Å². The molecule has 0 radical (unpaired) electrons. The molecule has 3 heterocycles. The van der Waals surface area contributed by atoms with Crippen LogP contribution in [0.3, 0.4) is 0 Å². The van der Waals surface area contributed by atoms with Gasteiger partial charge in [-0.3, -0.25) is 14.8 Å². The molecule has 3 aromatic rings. The van der Waals surface area contributed by atoms with E-state index >= 15 is 0 Å². The van der Waals surface area contributed by atoms with Gasteiger partial charge >= 0.3 is 0 Å². The van der Waals surface area contributed by atoms with Crippen LogP contribution in [-0.2, 0) is 41.7 Å². The summed E-state index contributed by atoms with van der Waals surface area (Å²) in [5.41, 5.74) is 7.46. The van der Waals surface area contributed by atoms with Crippen molar-refractivity contribution in [2.45, 2.75) is 76.0 Å². The molecule has 6 rings (SSSR count). The van der Waals surface area contributed by atoms with Gasteiger partial charge in [0.1, 0.15) is 0 Å². The smallest absolute Gasteiger partial charge is 0.243 e. The van der Waals surface area contributed by atoms with Crippen LogP contribution in [0.1, 0.15) is 73.2 Å². The van der Waals surface area contributed by atoms with Gasteiger partial charge in [0.05, 0.1) is 32.0 Å². The Labute approximate surface area is 281 Å². The van der Waals surface area contributed by atoms with E-state index in [4.69, 9.17) is 24.2 Å². The number of hydroxylamine groups is 1. The monoisotopic (exact) mass is 659 g/mol. The second-order valence-corrected chi connectivity index (χ2v) is 12.7. The van der Waals surface area contributed by atoms with Gasteiger partial charge in [-0.1, -0.05) is 66.7 Å². The van der Waals surface area contributed by atoms with Crippen molar-refractivity contribution in [3.8, 4) is 11.1 Å². The van der Waals surface area contributed by atoms with Crippen LogP contribution in [0.15, 0.2) is 72.8 Å². The van der Waals surface area contributed by atoms with Gasteiger partial charge in [-0.2, -0.15) is 0 Å². The van der Waals surface area contributed by atoms with E-state index in [0.717, 1.165) is 72.3 Å². The first-order valence-electron chi connectivity index (χ1n) is 16.8. The van der Waals surface area contributed by atoms with Crippen molar-refractivity contribution in [2.75, 3.05) is 32.8 Å². The van der Waals surface area contributed by atoms with E-state index in [1.54, 1.807) is 5.48 Å². The van der Waals surface area contributed by atoms with Crippen molar-refractivity contribution in [1.82, 2.24) is 15.7 Å². The molecule has 3 aromatic carbocycles. The number of hydrogen-bond donors (Lipinski definition) is 4. The highest BCUT2D eigenvalue weighted by Crippen LogP contribution is 2.39. The number of ether oxygens (including phenoxy) is 4. The second-order valence-electron chi connectivity index (χ2n) is 12.7. The Morgan fingerprint density at radius 2 is 1.54 bits per heavy atom. The summed E-state index contributed by atoms with van der Waals surface area (Å²) in [6.07, 6.45) is 2.36. The van der Waals surface area contributed by atoms with Gasteiger partial charge in [-0.25, -0.2) is 5.48 Å². The number of rotatable bonds is 12. The predicted molar refractivity (Wildman–Crippen MR) is 176 cm³/mol. The van der Waals surface area contributed by atoms with Gasteiger partial charge < -0.3 is 34.3 Å². The molecule has 256 valence electrons. The zero-order valence-electron chi connectivity index (χ0n) is 27.1. The fourth-order valence-electron chi connectivity index (χ4n) is 6.63. The maximum Gasteiger partial charge on any atom is 0.243 e. The fraction of sp³-hybridized carbons (Fsp3) is 0.459. The lowest BCUT2D eigenvalue weighted by molar-refractivity contribution is -0.255. The first kappa shape index (κ1) is 34.2. The standard InChI is InChI=1S/C37H45N3O8/c41-25-26-7-9-29(10-8-26)33-22-32(24-40-17-15-37(16-18-40)45-19-20-46-37)47-36(48-33)30-13-11-28(12-14-30)31-4-1-3-27(21-31)23-38-34(42)5-2-6-35(43)39-44/h1,3-4,7-14,21,32-33,36,41,44H,2,5-6,15-20,22-25H2,(H,38,42)(H,39,43)/t32-,33+,36+/m0/s1. The molecule has 11 heteroatoms. The highest BCUT2D eigenvalue weighted by molar-refractivity contribution is 5.78. The minimum absolute atomic E-state index is 0.00132. The van der Waals surface area contributed by atoms with E-state index < -0.39 is 18.0 Å². The Morgan fingerprint density at radius 1 is 0.833 bits per heavy atom. The molecule has 4 N–H and O–H groups in total. The molecule has 48 heavy (non-hydrogen) atoms. The summed E-state index contributed by atoms with van der Waals surface area (Å²) in [4.78, 5) is 25.8. The molecule has 2 amide bonds. The SMILES string of the molecule is O=C(CCCC(=O)NCc1cccc(-c2ccc([C@@H]3O[C@H](CN4CCC5(CC4)OCCO5)C[C@H](c4ccc(CO)cc4)O3)cc2)c1)NO. The van der Waals surface area contributed by atoms with Crippen molar-refractivity contribution < 1.29 is 38.9 Å². The average molecular weight is 660 g/mol. The van der Waals surface area contributed by atoms with Crippen LogP contribution in [0.2, 0.25) is 0 Å². The molecule has 3 aliphatic rings. The van der Waals surface area contributed by atoms with E-state index in [-0.39, 0.29) is 37.6 Å². The largest absolute Gasteiger partial charge is 0.392 e. The maximum absolute atomic E-state index is 12.2. The Hall–Kier alpha value is -3.68. The van der Waals surface area contributed by atoms with E-state index in [1.165, 1.54) is 0 Å². The van der Waals surface area contributed by atoms with Gasteiger partial charge in [0.15, 0.2) is 12.1 Å². The van der Waals surface area contributed by atoms with Gasteiger partial charge in [0.2, 0.25) is 11.8 Å². The van der Waals surface area contributed by atoms with Crippen molar-refractivity contribution in [2.24, 2.45) is 0 Å². The first-order valence-corrected chi connectivity index (χ1v) is 16.8. The summed E-state index contributed by atoms with van der Waals surface area (Å²) < 4.78 is 25.0. The number of likely N-dealkylation sites (tertiary alicyclic amines) is 1. The van der Waals surface area contributed by atoms with Crippen molar-refractivity contribution in [3.63, 3.8) is 0 Å². The number of nitrogens with one attached hydrogen (secondary N) is 2. The molecule has 0 bridgehead atoms. The van der Waals surface area contributed by atoms with Gasteiger partial charge in [-0.05, 0) is 40.3 Å². The van der Waals surface area contributed by atoms with Gasteiger partial charge in [0, 0.05) is 63.8 Å². The quantitative estimate of drug-likeness (QED) is 0.163. The third-order valence-corrected chi connectivity index (χ3v) is 9.37. The lowest BCUT2D eigenvalue weighted by Gasteiger charge is -2.41. The molecule has 0 aromatic heterocycles. The third-order valence-electron chi connectivity index (χ3n) is 9.37. The Kier molecular flexibility index (Phi) is 11.5. The Bertz CT molecular complexity index is 1500. The van der Waals surface area contributed by atoms with Crippen LogP contribution in [0.25, 0.3) is 11.1 Å². The molecule has 3 fully saturated rings. The number of piperidine rings is 1. The summed E-state index contributed by atoms with van der Waals surface area (Å²) in [5.74, 6) is -1.06. The molecule has 3 atom stereocenters. The Morgan fingerprint density at radius 3 is 2.25 bits per heavy atom. The summed E-state index contributed by atoms with van der Waals surface area (Å²) in [5, 5.41) is 21.0. The highest BCUT2D eigenvalue weighted by atomic mass is 16.7. The van der Waals surface area contributed by atoms with Crippen molar-refractivity contribution in [3.05, 3.63) is 95.1 Å². The predicted octanol–water partition coefficient (Wildman–Crippen LogP) is 4.52. The van der Waals surface area contributed by atoms with Gasteiger partial charge in [0.25, 0.3) is 0 Å². The van der Waals surface area contributed by atoms with E-state index in [9.17, 15) is 14.7 Å². The number of amides is 2. The lowest BCUT2D eigenvalue weighted by Crippen LogP contribution is -2.48. The maximum atomic E-state index is 12.2. The lowest BCUT2D eigenvalue weighted by atomic mass is 9.98. The number of hydrogen-bond acceptors (Lipinski definition) is 9. The molecule has 3 aliphatic heterocycles. The average Bonchev–Trinajstić information content (AvgIpc) is 3.59. The summed E-state index contributed by atoms with van der Waals surface area (Å²) in [6.45, 7) is 4.29. The van der Waals surface area contributed by atoms with Crippen LogP contribution in [0.5, 0.6) is 0 Å². The molecular formula is C37H45N3O8. The third kappa shape index (κ3) is 8.86. The number of carbonyl (C=O) groups is 2. The van der Waals surface area contributed by atoms with Gasteiger partial charge in [-0.15, -0.1) is 0 Å². The van der Waals surface area contributed by atoms with Crippen LogP contribution in [0.4, 0.5) is 0 Å². The molecule has 11 nitrogen and oxygen atoms in total. The minimum Gasteiger partial charge on any atom is -0.392 e. The minimum atomic E-state index is -0.539. The molecule has 0 unspecified atom stereocenters. The normalized spacial score (nSPS) is 22.4. The summed E-state index contributed by atoms with van der Waals surface area (Å²) in [6, 6.07) is 24.2. The zero-order chi connectivity index (χ0) is 33.3. The summed E-state index contributed by atoms with van der Waals surface area (Å²) in [7, 11) is 0. The number of aliphatic hydroxyl groups is 1. The molecular weight excluding hydrogens is 614 g/mol. The summed E-state index contributed by atoms with van der Waals surface area (Å²) >= 11 is 0. The van der Waals surface area contributed by atoms with E-state index in [0.29, 0.717) is 26.2 Å². The van der Waals surface area contributed by atoms with Crippen LogP contribution < -0.4 is 10.8 Å². The molecule has 0 aliphatic carbocycles. The first-order chi connectivity index (χ1) is 23.4. The fourth-order valence-corrected chi connectivity index (χ4v) is 6.63. The van der Waals surface area contributed by atoms with E-state index in [2.05, 4.69) is 28.4 Å². The van der Waals surface area contributed by atoms with E-state index in [1.807, 2.05) is 54.6 Å². The molecule has 1 spiro atoms. The van der Waals surface area contributed by atoms with Crippen LogP contribution >= 0.6 is 0 Å². The van der Waals surface area contributed by atoms with Crippen LogP contribution in [-0.4, -0.2) is 71.8 Å². The highest BCUT2D eigenvalue weighted by Gasteiger charge is 2.41. The number of carbonyl (C=O) groups excluding carboxylic acids is 2. The van der Waals surface area contributed by atoms with Crippen LogP contribution in [0, 0.1) is 0 Å². The second kappa shape index (κ2) is 16.1. The number of benzene rings is 3. The molecule has 3 saturated heterocycles. The van der Waals surface area contributed by atoms with Crippen molar-refractivity contribution in [1.29, 1.82) is 0 Å². The Balaban J connectivity index is 1.10. The topological polar surface area (TPSA) is 139 Å². The molecule has 0 saturated carbocycles. The number of aliphatic hydroxyl groups excluding tert-OH is 1.